The van der Waals surface area contributed by atoms with Crippen LogP contribution in [-0.4, -0.2) is 60.2 Å². The Balaban J connectivity index is 1.34. The number of nitriles is 1. The van der Waals surface area contributed by atoms with Crippen LogP contribution in [0.2, 0.25) is 0 Å². The van der Waals surface area contributed by atoms with Crippen molar-refractivity contribution in [2.45, 2.75) is 50.2 Å². The van der Waals surface area contributed by atoms with E-state index in [1.165, 1.54) is 23.9 Å². The molecule has 0 amide bonds. The zero-order chi connectivity index (χ0) is 22.2. The van der Waals surface area contributed by atoms with E-state index >= 15 is 0 Å². The number of nitrogens with zero attached hydrogens (tertiary/aromatic N) is 8. The molecule has 2 bridgehead atoms. The Labute approximate surface area is 185 Å². The van der Waals surface area contributed by atoms with Crippen molar-refractivity contribution in [3.05, 3.63) is 30.2 Å². The third-order valence-corrected chi connectivity index (χ3v) is 6.51. The number of rotatable bonds is 4. The van der Waals surface area contributed by atoms with E-state index in [1.807, 2.05) is 6.07 Å². The first-order valence-corrected chi connectivity index (χ1v) is 10.9. The maximum Gasteiger partial charge on any atom is 0.231 e. The summed E-state index contributed by atoms with van der Waals surface area (Å²) in [5, 5.41) is 36.2. The largest absolute Gasteiger partial charge is 0.507 e. The fourth-order valence-corrected chi connectivity index (χ4v) is 4.76. The summed E-state index contributed by atoms with van der Waals surface area (Å²) in [6.07, 6.45) is 7.72. The number of aryl methyl sites for hydroxylation is 1. The van der Waals surface area contributed by atoms with Gasteiger partial charge in [0.1, 0.15) is 11.8 Å². The van der Waals surface area contributed by atoms with Gasteiger partial charge in [0.15, 0.2) is 17.5 Å². The maximum absolute atomic E-state index is 10.6. The molecule has 2 fully saturated rings. The van der Waals surface area contributed by atoms with E-state index in [0.717, 1.165) is 18.7 Å². The van der Waals surface area contributed by atoms with Crippen molar-refractivity contribution < 1.29 is 5.11 Å². The second-order valence-electron chi connectivity index (χ2n) is 8.59. The summed E-state index contributed by atoms with van der Waals surface area (Å²) < 4.78 is 1.40. The number of benzene rings is 1. The van der Waals surface area contributed by atoms with Gasteiger partial charge < -0.3 is 15.3 Å². The molecule has 10 nitrogen and oxygen atoms in total. The highest BCUT2D eigenvalue weighted by Gasteiger charge is 2.33. The second-order valence-corrected chi connectivity index (χ2v) is 8.59. The summed E-state index contributed by atoms with van der Waals surface area (Å²) in [6, 6.07) is 8.59. The van der Waals surface area contributed by atoms with Gasteiger partial charge in [-0.2, -0.15) is 15.3 Å². The van der Waals surface area contributed by atoms with E-state index in [2.05, 4.69) is 42.5 Å². The van der Waals surface area contributed by atoms with Crippen molar-refractivity contribution in [2.24, 2.45) is 7.05 Å². The van der Waals surface area contributed by atoms with E-state index in [9.17, 15) is 5.11 Å². The number of hydrogen-bond acceptors (Lipinski definition) is 9. The minimum absolute atomic E-state index is 0.00236. The topological polar surface area (TPSA) is 129 Å². The van der Waals surface area contributed by atoms with Crippen LogP contribution in [0.25, 0.3) is 22.8 Å². The summed E-state index contributed by atoms with van der Waals surface area (Å²) in [5.74, 6) is 1.65. The highest BCUT2D eigenvalue weighted by molar-refractivity contribution is 5.70. The molecule has 3 atom stereocenters. The van der Waals surface area contributed by atoms with E-state index < -0.39 is 0 Å². The molecular weight excluding hydrogens is 406 g/mol. The summed E-state index contributed by atoms with van der Waals surface area (Å²) >= 11 is 0. The van der Waals surface area contributed by atoms with Crippen molar-refractivity contribution in [1.82, 2.24) is 35.3 Å². The van der Waals surface area contributed by atoms with Gasteiger partial charge in [0, 0.05) is 37.8 Å². The summed E-state index contributed by atoms with van der Waals surface area (Å²) in [5.41, 5.74) is 1.08. The number of phenolic OH excluding ortho intramolecular Hbond substituents is 1. The third kappa shape index (κ3) is 3.76. The monoisotopic (exact) mass is 431 g/mol. The average molecular weight is 432 g/mol. The quantitative estimate of drug-likeness (QED) is 0.637. The molecule has 2 N–H and O–H groups in total. The van der Waals surface area contributed by atoms with Crippen LogP contribution in [-0.2, 0) is 7.05 Å². The van der Waals surface area contributed by atoms with Crippen molar-refractivity contribution in [3.63, 3.8) is 0 Å². The molecule has 0 radical (unpaired) electrons. The second kappa shape index (κ2) is 8.16. The number of hydrogen-bond donors (Lipinski definition) is 2. The summed E-state index contributed by atoms with van der Waals surface area (Å²) in [6.45, 7) is 0. The highest BCUT2D eigenvalue weighted by Crippen LogP contribution is 2.32. The lowest BCUT2D eigenvalue weighted by atomic mass is 9.83. The molecule has 32 heavy (non-hydrogen) atoms. The van der Waals surface area contributed by atoms with Crippen LogP contribution < -0.4 is 10.2 Å². The Morgan fingerprint density at radius 1 is 1.19 bits per heavy atom. The van der Waals surface area contributed by atoms with Gasteiger partial charge in [0.2, 0.25) is 5.82 Å². The van der Waals surface area contributed by atoms with Gasteiger partial charge in [0.05, 0.1) is 11.8 Å². The van der Waals surface area contributed by atoms with Crippen LogP contribution in [0.3, 0.4) is 0 Å². The molecule has 0 saturated carbocycles. The predicted octanol–water partition coefficient (Wildman–Crippen LogP) is 2.02. The van der Waals surface area contributed by atoms with Gasteiger partial charge in [-0.05, 0) is 37.8 Å². The lowest BCUT2D eigenvalue weighted by Gasteiger charge is -2.43. The van der Waals surface area contributed by atoms with E-state index in [4.69, 9.17) is 5.26 Å². The van der Waals surface area contributed by atoms with E-state index in [0.29, 0.717) is 40.9 Å². The average Bonchev–Trinajstić information content (AvgIpc) is 3.19. The van der Waals surface area contributed by atoms with Crippen molar-refractivity contribution in [3.8, 4) is 34.6 Å². The number of phenols is 1. The van der Waals surface area contributed by atoms with Gasteiger partial charge in [-0.1, -0.05) is 12.5 Å². The molecule has 2 saturated heterocycles. The van der Waals surface area contributed by atoms with E-state index in [-0.39, 0.29) is 11.6 Å². The molecule has 3 aromatic rings. The molecule has 164 valence electrons. The van der Waals surface area contributed by atoms with Crippen LogP contribution in [0.4, 0.5) is 5.82 Å². The first-order chi connectivity index (χ1) is 15.5. The van der Waals surface area contributed by atoms with Gasteiger partial charge in [0.25, 0.3) is 0 Å². The van der Waals surface area contributed by atoms with Crippen LogP contribution >= 0.6 is 0 Å². The smallest absolute Gasteiger partial charge is 0.231 e. The standard InChI is InChI=1S/C22H25N9O/c1-30(16-9-14-4-3-5-15(10-16)25-14)20-12-24-22(28-27-20)17-7-6-13(8-18(17)32)21-26-19(11-23)31(2)29-21/h6-8,12,14-16,25,32H,3-5,9-10H2,1-2H3/t14-,15+,16-. The number of aromatic nitrogens is 6. The molecule has 0 spiro atoms. The highest BCUT2D eigenvalue weighted by atomic mass is 16.3. The van der Waals surface area contributed by atoms with Gasteiger partial charge >= 0.3 is 0 Å². The zero-order valence-corrected chi connectivity index (χ0v) is 18.1. The zero-order valence-electron chi connectivity index (χ0n) is 18.1. The maximum atomic E-state index is 10.6. The molecule has 0 aliphatic carbocycles. The summed E-state index contributed by atoms with van der Waals surface area (Å²) in [4.78, 5) is 10.8. The number of piperidine rings is 2. The number of anilines is 1. The number of fused-ring (bicyclic) bond motifs is 2. The fraction of sp³-hybridized carbons (Fsp3) is 0.455. The Morgan fingerprint density at radius 2 is 1.97 bits per heavy atom. The van der Waals surface area contributed by atoms with Crippen LogP contribution in [0.1, 0.15) is 37.9 Å². The van der Waals surface area contributed by atoms with Crippen molar-refractivity contribution >= 4 is 5.82 Å². The van der Waals surface area contributed by atoms with Crippen LogP contribution in [0.15, 0.2) is 24.4 Å². The van der Waals surface area contributed by atoms with Gasteiger partial charge in [-0.15, -0.1) is 10.2 Å². The first-order valence-electron chi connectivity index (χ1n) is 10.9. The summed E-state index contributed by atoms with van der Waals surface area (Å²) in [7, 11) is 3.70. The Hall–Kier alpha value is -3.58. The Kier molecular flexibility index (Phi) is 5.19. The third-order valence-electron chi connectivity index (χ3n) is 6.51. The molecular formula is C22H25N9O. The fourth-order valence-electron chi connectivity index (χ4n) is 4.76. The number of nitrogens with one attached hydrogen (secondary N) is 1. The molecule has 0 unspecified atom stereocenters. The Bertz CT molecular complexity index is 1160. The van der Waals surface area contributed by atoms with Gasteiger partial charge in [-0.3, -0.25) is 0 Å². The van der Waals surface area contributed by atoms with E-state index in [1.54, 1.807) is 31.4 Å². The van der Waals surface area contributed by atoms with Crippen molar-refractivity contribution in [2.75, 3.05) is 11.9 Å². The predicted molar refractivity (Wildman–Crippen MR) is 118 cm³/mol. The molecule has 1 aromatic carbocycles. The Morgan fingerprint density at radius 3 is 2.59 bits per heavy atom. The lowest BCUT2D eigenvalue weighted by molar-refractivity contribution is 0.219. The van der Waals surface area contributed by atoms with Crippen LogP contribution in [0, 0.1) is 11.3 Å². The minimum atomic E-state index is 0.00236. The van der Waals surface area contributed by atoms with Crippen molar-refractivity contribution in [1.29, 1.82) is 5.26 Å². The van der Waals surface area contributed by atoms with Crippen LogP contribution in [0.5, 0.6) is 5.75 Å². The van der Waals surface area contributed by atoms with Gasteiger partial charge in [-0.25, -0.2) is 9.67 Å². The molecule has 2 aliphatic rings. The molecule has 5 rings (SSSR count). The normalized spacial score (nSPS) is 22.3. The minimum Gasteiger partial charge on any atom is -0.507 e. The molecule has 4 heterocycles. The number of aromatic hydroxyl groups is 1. The first kappa shape index (κ1) is 20.3. The molecule has 10 heteroatoms. The molecule has 2 aliphatic heterocycles. The molecule has 2 aromatic heterocycles. The SMILES string of the molecule is CN(c1cnc(-c2ccc(-c3nc(C#N)n(C)n3)cc2O)nn1)[C@@H]1C[C@H]2CCC[C@@H](C1)N2. The lowest BCUT2D eigenvalue weighted by Crippen LogP contribution is -2.54.